The fourth-order valence-electron chi connectivity index (χ4n) is 7.12. The van der Waals surface area contributed by atoms with Crippen molar-refractivity contribution in [1.29, 1.82) is 0 Å². The molecule has 2 aromatic rings. The van der Waals surface area contributed by atoms with Crippen LogP contribution in [-0.4, -0.2) is 54.5 Å². The van der Waals surface area contributed by atoms with Gasteiger partial charge in [0, 0.05) is 47.7 Å². The van der Waals surface area contributed by atoms with Gasteiger partial charge >= 0.3 is 5.97 Å². The lowest BCUT2D eigenvalue weighted by Gasteiger charge is -2.61. The summed E-state index contributed by atoms with van der Waals surface area (Å²) in [5, 5.41) is 1.15. The van der Waals surface area contributed by atoms with E-state index in [0.29, 0.717) is 18.3 Å². The van der Waals surface area contributed by atoms with Gasteiger partial charge in [-0.05, 0) is 55.7 Å². The molecule has 6 atom stereocenters. The van der Waals surface area contributed by atoms with Crippen molar-refractivity contribution in [2.75, 3.05) is 20.8 Å². The number of Topliss-reactive ketones (excluding diaryl/α,β-unsaturated/α-hetero) is 1. The van der Waals surface area contributed by atoms with E-state index in [2.05, 4.69) is 22.9 Å². The third-order valence-electron chi connectivity index (χ3n) is 8.22. The minimum atomic E-state index is -0.719. The number of aromatic nitrogens is 1. The van der Waals surface area contributed by atoms with Gasteiger partial charge in [0.05, 0.1) is 14.2 Å². The first kappa shape index (κ1) is 20.6. The highest BCUT2D eigenvalue weighted by molar-refractivity contribution is 5.92. The molecule has 3 fully saturated rings. The Bertz CT molecular complexity index is 1040. The number of carbonyl (C=O) groups excluding carboxylic acids is 2. The summed E-state index contributed by atoms with van der Waals surface area (Å²) in [7, 11) is 3.18. The maximum Gasteiger partial charge on any atom is 0.319 e. The lowest BCUT2D eigenvalue weighted by molar-refractivity contribution is -0.169. The molecule has 2 saturated heterocycles. The van der Waals surface area contributed by atoms with Crippen LogP contribution in [0, 0.1) is 11.8 Å². The summed E-state index contributed by atoms with van der Waals surface area (Å²) >= 11 is 0. The molecule has 1 aromatic heterocycles. The lowest BCUT2D eigenvalue weighted by Crippen LogP contribution is -2.70. The second kappa shape index (κ2) is 7.37. The number of H-pyrrole nitrogens is 1. The van der Waals surface area contributed by atoms with Gasteiger partial charge in [0.2, 0.25) is 0 Å². The molecule has 0 amide bonds. The summed E-state index contributed by atoms with van der Waals surface area (Å²) in [6, 6.07) is 6.37. The molecule has 31 heavy (non-hydrogen) atoms. The number of carbonyl (C=O) groups is 2. The van der Waals surface area contributed by atoms with Crippen LogP contribution < -0.4 is 4.74 Å². The van der Waals surface area contributed by atoms with Gasteiger partial charge in [-0.1, -0.05) is 13.3 Å². The van der Waals surface area contributed by atoms with E-state index in [0.717, 1.165) is 54.6 Å². The van der Waals surface area contributed by atoms with Gasteiger partial charge in [0.15, 0.2) is 0 Å². The summed E-state index contributed by atoms with van der Waals surface area (Å²) in [5.41, 5.74) is 2.54. The average molecular weight is 425 g/mol. The van der Waals surface area contributed by atoms with E-state index in [9.17, 15) is 9.59 Å². The normalized spacial score (nSPS) is 33.6. The van der Waals surface area contributed by atoms with Crippen molar-refractivity contribution in [3.05, 3.63) is 29.5 Å². The van der Waals surface area contributed by atoms with Crippen LogP contribution in [0.3, 0.4) is 0 Å². The predicted octanol–water partition coefficient (Wildman–Crippen LogP) is 3.61. The molecular weight excluding hydrogens is 392 g/mol. The molecule has 1 N–H and O–H groups in total. The molecular formula is C25H32N2O4. The predicted molar refractivity (Wildman–Crippen MR) is 118 cm³/mol. The van der Waals surface area contributed by atoms with Crippen LogP contribution in [0.25, 0.3) is 10.9 Å². The van der Waals surface area contributed by atoms with Gasteiger partial charge in [-0.25, -0.2) is 0 Å². The summed E-state index contributed by atoms with van der Waals surface area (Å²) in [4.78, 5) is 31.9. The number of piperidine rings is 2. The first-order valence-electron chi connectivity index (χ1n) is 11.5. The van der Waals surface area contributed by atoms with Crippen molar-refractivity contribution in [3.63, 3.8) is 0 Å². The number of hydrogen-bond donors (Lipinski definition) is 1. The SMILES string of the molecule is CC[C@H]1C[C@H]2C[C@@]3(C(=O)OC)c4[nH]c5cc(OC)ccc5c4CCN(C2CC(C)=O)[C@@H]13. The van der Waals surface area contributed by atoms with Gasteiger partial charge in [0.1, 0.15) is 16.9 Å². The maximum absolute atomic E-state index is 13.6. The van der Waals surface area contributed by atoms with Crippen LogP contribution in [0.2, 0.25) is 0 Å². The van der Waals surface area contributed by atoms with Gasteiger partial charge < -0.3 is 14.5 Å². The van der Waals surface area contributed by atoms with Gasteiger partial charge in [-0.2, -0.15) is 0 Å². The van der Waals surface area contributed by atoms with Crippen LogP contribution in [0.15, 0.2) is 18.2 Å². The molecule has 0 radical (unpaired) electrons. The molecule has 2 unspecified atom stereocenters. The number of esters is 1. The van der Waals surface area contributed by atoms with Crippen molar-refractivity contribution in [1.82, 2.24) is 9.88 Å². The molecule has 6 heteroatoms. The molecule has 1 aromatic carbocycles. The number of fused-ring (bicyclic) bond motifs is 4. The Balaban J connectivity index is 1.74. The summed E-state index contributed by atoms with van der Waals surface area (Å²) in [5.74, 6) is 1.61. The monoisotopic (exact) mass is 424 g/mol. The number of hydrogen-bond acceptors (Lipinski definition) is 5. The first-order chi connectivity index (χ1) is 14.9. The topological polar surface area (TPSA) is 71.6 Å². The Morgan fingerprint density at radius 1 is 1.29 bits per heavy atom. The van der Waals surface area contributed by atoms with E-state index >= 15 is 0 Å². The van der Waals surface area contributed by atoms with E-state index in [1.807, 2.05) is 12.1 Å². The minimum Gasteiger partial charge on any atom is -0.497 e. The fraction of sp³-hybridized carbons (Fsp3) is 0.600. The standard InChI is InChI=1S/C25H32N2O4/c1-5-15-11-16-13-25(24(29)31-4)22-19(18-7-6-17(30-3)12-20(18)26-22)8-9-27(23(15)25)21(16)10-14(2)28/h6-7,12,15-16,21,23,26H,5,8-11,13H2,1-4H3/t15-,16-,21?,23-,25+/m0/s1. The number of benzene rings is 1. The van der Waals surface area contributed by atoms with Crippen molar-refractivity contribution >= 4 is 22.7 Å². The minimum absolute atomic E-state index is 0.0514. The van der Waals surface area contributed by atoms with Crippen molar-refractivity contribution in [2.24, 2.45) is 11.8 Å². The molecule has 1 saturated carbocycles. The summed E-state index contributed by atoms with van der Waals surface area (Å²) in [6.07, 6.45) is 4.27. The number of nitrogens with one attached hydrogen (secondary N) is 1. The number of aromatic amines is 1. The molecule has 1 aliphatic carbocycles. The Hall–Kier alpha value is -2.34. The van der Waals surface area contributed by atoms with Crippen LogP contribution >= 0.6 is 0 Å². The zero-order valence-corrected chi connectivity index (χ0v) is 18.9. The van der Waals surface area contributed by atoms with E-state index in [1.54, 1.807) is 14.0 Å². The Morgan fingerprint density at radius 2 is 2.10 bits per heavy atom. The number of rotatable bonds is 5. The Kier molecular flexibility index (Phi) is 4.88. The van der Waals surface area contributed by atoms with Crippen LogP contribution in [0.4, 0.5) is 0 Å². The first-order valence-corrected chi connectivity index (χ1v) is 11.5. The van der Waals surface area contributed by atoms with Crippen molar-refractivity contribution in [3.8, 4) is 5.75 Å². The fourth-order valence-corrected chi connectivity index (χ4v) is 7.12. The van der Waals surface area contributed by atoms with Crippen LogP contribution in [0.1, 0.15) is 50.8 Å². The second-order valence-corrected chi connectivity index (χ2v) is 9.63. The maximum atomic E-state index is 13.6. The number of methoxy groups -OCH3 is 2. The smallest absolute Gasteiger partial charge is 0.319 e. The third-order valence-corrected chi connectivity index (χ3v) is 8.22. The molecule has 0 spiro atoms. The number of nitrogens with zero attached hydrogens (tertiary/aromatic N) is 1. The zero-order chi connectivity index (χ0) is 21.9. The van der Waals surface area contributed by atoms with E-state index in [4.69, 9.17) is 9.47 Å². The second-order valence-electron chi connectivity index (χ2n) is 9.63. The number of ether oxygens (including phenoxy) is 2. The largest absolute Gasteiger partial charge is 0.497 e. The number of ketones is 1. The third kappa shape index (κ3) is 2.80. The summed E-state index contributed by atoms with van der Waals surface area (Å²) in [6.45, 7) is 4.77. The molecule has 3 aliphatic heterocycles. The average Bonchev–Trinajstić information content (AvgIpc) is 3.09. The van der Waals surface area contributed by atoms with Crippen LogP contribution in [0.5, 0.6) is 5.75 Å². The molecule has 6 rings (SSSR count). The van der Waals surface area contributed by atoms with Gasteiger partial charge in [-0.3, -0.25) is 14.5 Å². The summed E-state index contributed by atoms with van der Waals surface area (Å²) < 4.78 is 10.9. The molecule has 4 bridgehead atoms. The van der Waals surface area contributed by atoms with Gasteiger partial charge in [0.25, 0.3) is 0 Å². The van der Waals surface area contributed by atoms with Crippen molar-refractivity contribution < 1.29 is 19.1 Å². The Labute approximate surface area is 183 Å². The van der Waals surface area contributed by atoms with Gasteiger partial charge in [-0.15, -0.1) is 0 Å². The molecule has 4 heterocycles. The highest BCUT2D eigenvalue weighted by Crippen LogP contribution is 2.58. The highest BCUT2D eigenvalue weighted by Gasteiger charge is 2.65. The van der Waals surface area contributed by atoms with Crippen LogP contribution in [-0.2, 0) is 26.2 Å². The van der Waals surface area contributed by atoms with E-state index < -0.39 is 5.41 Å². The Morgan fingerprint density at radius 3 is 2.77 bits per heavy atom. The highest BCUT2D eigenvalue weighted by atomic mass is 16.5. The van der Waals surface area contributed by atoms with E-state index in [1.165, 1.54) is 12.7 Å². The quantitative estimate of drug-likeness (QED) is 0.743. The van der Waals surface area contributed by atoms with Crippen molar-refractivity contribution in [2.45, 2.75) is 63.5 Å². The molecule has 4 aliphatic rings. The molecule has 6 nitrogen and oxygen atoms in total. The zero-order valence-electron chi connectivity index (χ0n) is 18.9. The van der Waals surface area contributed by atoms with E-state index in [-0.39, 0.29) is 23.8 Å². The lowest BCUT2D eigenvalue weighted by atomic mass is 9.54. The molecule has 166 valence electrons.